The lowest BCUT2D eigenvalue weighted by molar-refractivity contribution is 0.312. The highest BCUT2D eigenvalue weighted by atomic mass is 35.5. The molecule has 0 atom stereocenters. The first-order valence-electron chi connectivity index (χ1n) is 2.83. The van der Waals surface area contributed by atoms with E-state index in [1.54, 1.807) is 18.5 Å². The molecule has 0 aliphatic carbocycles. The van der Waals surface area contributed by atoms with E-state index in [1.807, 2.05) is 6.92 Å². The van der Waals surface area contributed by atoms with Crippen molar-refractivity contribution in [3.8, 4) is 6.01 Å². The number of rotatable bonds is 2. The number of aromatic nitrogens is 2. The number of hydrogen-bond acceptors (Lipinski definition) is 3. The molecular weight excluding hydrogens is 152 g/mol. The molecule has 0 unspecified atom stereocenters. The third kappa shape index (κ3) is 2.64. The van der Waals surface area contributed by atoms with Crippen molar-refractivity contribution in [2.24, 2.45) is 0 Å². The van der Waals surface area contributed by atoms with Gasteiger partial charge in [-0.15, -0.1) is 12.4 Å². The summed E-state index contributed by atoms with van der Waals surface area (Å²) in [7, 11) is 0. The molecule has 0 amide bonds. The zero-order chi connectivity index (χ0) is 6.53. The summed E-state index contributed by atoms with van der Waals surface area (Å²) in [5.74, 6) is 0. The normalized spacial score (nSPS) is 8.10. The molecular formula is C6H9ClN2O. The van der Waals surface area contributed by atoms with E-state index in [2.05, 4.69) is 9.97 Å². The van der Waals surface area contributed by atoms with Gasteiger partial charge in [-0.3, -0.25) is 0 Å². The van der Waals surface area contributed by atoms with Crippen LogP contribution in [-0.2, 0) is 0 Å². The first-order chi connectivity index (χ1) is 4.43. The lowest BCUT2D eigenvalue weighted by atomic mass is 10.7. The van der Waals surface area contributed by atoms with Gasteiger partial charge in [0.25, 0.3) is 0 Å². The fraction of sp³-hybridized carbons (Fsp3) is 0.333. The van der Waals surface area contributed by atoms with E-state index >= 15 is 0 Å². The Morgan fingerprint density at radius 1 is 1.40 bits per heavy atom. The van der Waals surface area contributed by atoms with Crippen LogP contribution in [0.1, 0.15) is 6.92 Å². The minimum atomic E-state index is 0. The maximum atomic E-state index is 4.98. The molecule has 1 heterocycles. The molecule has 0 saturated carbocycles. The van der Waals surface area contributed by atoms with Gasteiger partial charge in [0.15, 0.2) is 0 Å². The molecule has 4 heteroatoms. The second-order valence-electron chi connectivity index (χ2n) is 1.46. The molecule has 1 aromatic heterocycles. The summed E-state index contributed by atoms with van der Waals surface area (Å²) >= 11 is 0. The van der Waals surface area contributed by atoms with Crippen molar-refractivity contribution in [2.75, 3.05) is 6.61 Å². The summed E-state index contributed by atoms with van der Waals surface area (Å²) in [6, 6.07) is 2.20. The largest absolute Gasteiger partial charge is 0.464 e. The number of hydrogen-bond donors (Lipinski definition) is 0. The Kier molecular flexibility index (Phi) is 4.58. The van der Waals surface area contributed by atoms with E-state index in [-0.39, 0.29) is 12.4 Å². The standard InChI is InChI=1S/C6H8N2O.ClH/c1-2-9-6-7-4-3-5-8-6;/h3-5H,2H2,1H3;1H. The summed E-state index contributed by atoms with van der Waals surface area (Å²) in [6.45, 7) is 2.51. The van der Waals surface area contributed by atoms with Crippen molar-refractivity contribution < 1.29 is 4.74 Å². The summed E-state index contributed by atoms with van der Waals surface area (Å²) in [6.07, 6.45) is 3.30. The average molecular weight is 161 g/mol. The van der Waals surface area contributed by atoms with Crippen LogP contribution in [0.3, 0.4) is 0 Å². The molecule has 56 valence electrons. The van der Waals surface area contributed by atoms with E-state index in [0.717, 1.165) is 0 Å². The highest BCUT2D eigenvalue weighted by Crippen LogP contribution is 1.95. The fourth-order valence-corrected chi connectivity index (χ4v) is 0.489. The van der Waals surface area contributed by atoms with Crippen LogP contribution < -0.4 is 4.74 Å². The Morgan fingerprint density at radius 3 is 2.50 bits per heavy atom. The molecule has 0 radical (unpaired) electrons. The molecule has 0 aliphatic heterocycles. The smallest absolute Gasteiger partial charge is 0.316 e. The Hall–Kier alpha value is -0.830. The van der Waals surface area contributed by atoms with E-state index < -0.39 is 0 Å². The number of nitrogens with zero attached hydrogens (tertiary/aromatic N) is 2. The van der Waals surface area contributed by atoms with Gasteiger partial charge in [0.2, 0.25) is 0 Å². The average Bonchev–Trinajstić information content (AvgIpc) is 1.91. The van der Waals surface area contributed by atoms with Crippen molar-refractivity contribution in [1.82, 2.24) is 9.97 Å². The summed E-state index contributed by atoms with van der Waals surface area (Å²) in [5.41, 5.74) is 0. The summed E-state index contributed by atoms with van der Waals surface area (Å²) < 4.78 is 4.98. The lowest BCUT2D eigenvalue weighted by Gasteiger charge is -1.95. The maximum absolute atomic E-state index is 4.98. The van der Waals surface area contributed by atoms with Gasteiger partial charge in [0.05, 0.1) is 6.61 Å². The van der Waals surface area contributed by atoms with Gasteiger partial charge in [-0.25, -0.2) is 9.97 Å². The van der Waals surface area contributed by atoms with E-state index in [9.17, 15) is 0 Å². The Bertz CT molecular complexity index is 169. The highest BCUT2D eigenvalue weighted by molar-refractivity contribution is 5.85. The van der Waals surface area contributed by atoms with Crippen LogP contribution in [0.2, 0.25) is 0 Å². The third-order valence-corrected chi connectivity index (χ3v) is 0.816. The molecule has 0 saturated heterocycles. The molecule has 0 N–H and O–H groups in total. The first kappa shape index (κ1) is 9.17. The zero-order valence-corrected chi connectivity index (χ0v) is 6.47. The minimum absolute atomic E-state index is 0. The minimum Gasteiger partial charge on any atom is -0.464 e. The highest BCUT2D eigenvalue weighted by Gasteiger charge is 1.87. The van der Waals surface area contributed by atoms with Gasteiger partial charge in [-0.05, 0) is 13.0 Å². The molecule has 0 aliphatic rings. The Balaban J connectivity index is 0.000000810. The molecule has 3 nitrogen and oxygen atoms in total. The maximum Gasteiger partial charge on any atom is 0.316 e. The zero-order valence-electron chi connectivity index (χ0n) is 5.65. The molecule has 1 aromatic rings. The van der Waals surface area contributed by atoms with Crippen molar-refractivity contribution in [3.63, 3.8) is 0 Å². The van der Waals surface area contributed by atoms with Crippen LogP contribution >= 0.6 is 12.4 Å². The third-order valence-electron chi connectivity index (χ3n) is 0.816. The van der Waals surface area contributed by atoms with Gasteiger partial charge in [-0.1, -0.05) is 0 Å². The second kappa shape index (κ2) is 4.99. The van der Waals surface area contributed by atoms with Gasteiger partial charge >= 0.3 is 6.01 Å². The number of halogens is 1. The van der Waals surface area contributed by atoms with Crippen molar-refractivity contribution in [3.05, 3.63) is 18.5 Å². The molecule has 10 heavy (non-hydrogen) atoms. The van der Waals surface area contributed by atoms with Crippen molar-refractivity contribution in [2.45, 2.75) is 6.92 Å². The molecule has 0 bridgehead atoms. The van der Waals surface area contributed by atoms with E-state index in [1.165, 1.54) is 0 Å². The topological polar surface area (TPSA) is 35.0 Å². The molecule has 0 aromatic carbocycles. The molecule has 0 spiro atoms. The van der Waals surface area contributed by atoms with Crippen molar-refractivity contribution >= 4 is 12.4 Å². The van der Waals surface area contributed by atoms with Gasteiger partial charge < -0.3 is 4.74 Å². The predicted molar refractivity (Wildman–Crippen MR) is 40.4 cm³/mol. The van der Waals surface area contributed by atoms with Crippen LogP contribution in [0, 0.1) is 0 Å². The number of ether oxygens (including phenoxy) is 1. The predicted octanol–water partition coefficient (Wildman–Crippen LogP) is 1.30. The van der Waals surface area contributed by atoms with Crippen molar-refractivity contribution in [1.29, 1.82) is 0 Å². The van der Waals surface area contributed by atoms with Crippen LogP contribution in [0.25, 0.3) is 0 Å². The van der Waals surface area contributed by atoms with Crippen LogP contribution in [0.5, 0.6) is 6.01 Å². The van der Waals surface area contributed by atoms with Crippen LogP contribution in [-0.4, -0.2) is 16.6 Å². The van der Waals surface area contributed by atoms with Gasteiger partial charge in [0, 0.05) is 12.4 Å². The monoisotopic (exact) mass is 160 g/mol. The molecule has 1 rings (SSSR count). The van der Waals surface area contributed by atoms with Crippen LogP contribution in [0.4, 0.5) is 0 Å². The SMILES string of the molecule is CCOc1ncccn1.Cl. The quantitative estimate of drug-likeness (QED) is 0.654. The second-order valence-corrected chi connectivity index (χ2v) is 1.46. The lowest BCUT2D eigenvalue weighted by Crippen LogP contribution is -1.95. The van der Waals surface area contributed by atoms with Crippen LogP contribution in [0.15, 0.2) is 18.5 Å². The van der Waals surface area contributed by atoms with E-state index in [0.29, 0.717) is 12.6 Å². The Morgan fingerprint density at radius 2 is 2.00 bits per heavy atom. The van der Waals surface area contributed by atoms with E-state index in [4.69, 9.17) is 4.74 Å². The Labute approximate surface area is 65.9 Å². The summed E-state index contributed by atoms with van der Waals surface area (Å²) in [5, 5.41) is 0. The first-order valence-corrected chi connectivity index (χ1v) is 2.83. The fourth-order valence-electron chi connectivity index (χ4n) is 0.489. The van der Waals surface area contributed by atoms with Gasteiger partial charge in [0.1, 0.15) is 0 Å². The molecule has 0 fully saturated rings. The summed E-state index contributed by atoms with van der Waals surface area (Å²) in [4.78, 5) is 7.67. The van der Waals surface area contributed by atoms with Gasteiger partial charge in [-0.2, -0.15) is 0 Å².